The summed E-state index contributed by atoms with van der Waals surface area (Å²) in [7, 11) is 1.62. The van der Waals surface area contributed by atoms with Gasteiger partial charge in [-0.05, 0) is 29.8 Å². The molecule has 25 heavy (non-hydrogen) atoms. The van der Waals surface area contributed by atoms with E-state index in [4.69, 9.17) is 15.2 Å². The van der Waals surface area contributed by atoms with E-state index in [1.807, 2.05) is 41.3 Å². The summed E-state index contributed by atoms with van der Waals surface area (Å²) in [5.74, 6) is -1.11. The van der Waals surface area contributed by atoms with E-state index in [1.54, 1.807) is 13.2 Å². The minimum Gasteiger partial charge on any atom is -0.497 e. The van der Waals surface area contributed by atoms with Crippen molar-refractivity contribution in [2.45, 2.75) is 25.4 Å². The minimum atomic E-state index is -2.56. The maximum Gasteiger partial charge on any atom is 0.251 e. The summed E-state index contributed by atoms with van der Waals surface area (Å²) in [6, 6.07) is 13.0. The van der Waals surface area contributed by atoms with E-state index in [0.29, 0.717) is 31.1 Å². The molecule has 1 aliphatic heterocycles. The second-order valence-electron chi connectivity index (χ2n) is 6.20. The highest BCUT2D eigenvalue weighted by Gasteiger charge is 2.34. The molecule has 0 saturated carbocycles. The summed E-state index contributed by atoms with van der Waals surface area (Å²) >= 11 is 0. The molecule has 4 nitrogen and oxygen atoms in total. The number of methoxy groups -OCH3 is 1. The highest BCUT2D eigenvalue weighted by molar-refractivity contribution is 5.69. The van der Waals surface area contributed by atoms with Gasteiger partial charge in [0.2, 0.25) is 0 Å². The monoisotopic (exact) mass is 348 g/mol. The molecule has 134 valence electrons. The highest BCUT2D eigenvalue weighted by atomic mass is 19.3. The van der Waals surface area contributed by atoms with Crippen molar-refractivity contribution in [3.05, 3.63) is 48.0 Å². The first-order chi connectivity index (χ1) is 12.0. The highest BCUT2D eigenvalue weighted by Crippen LogP contribution is 2.34. The number of hydrogen-bond acceptors (Lipinski definition) is 4. The molecule has 0 radical (unpaired) electrons. The number of rotatable bonds is 5. The standard InChI is InChI=1S/C19H22F2N2O2/c1-24-15-4-2-14(3-5-15)13-25-16-6-7-18(17(22)12-16)23-10-8-19(20,21)9-11-23/h2-7,12H,8-11,13,22H2,1H3. The summed E-state index contributed by atoms with van der Waals surface area (Å²) in [6.07, 6.45) is -0.273. The van der Waals surface area contributed by atoms with Crippen molar-refractivity contribution >= 4 is 11.4 Å². The van der Waals surface area contributed by atoms with Crippen molar-refractivity contribution in [3.63, 3.8) is 0 Å². The van der Waals surface area contributed by atoms with E-state index >= 15 is 0 Å². The van der Waals surface area contributed by atoms with Crippen LogP contribution in [0, 0.1) is 0 Å². The van der Waals surface area contributed by atoms with E-state index in [1.165, 1.54) is 0 Å². The van der Waals surface area contributed by atoms with E-state index in [2.05, 4.69) is 0 Å². The van der Waals surface area contributed by atoms with Gasteiger partial charge < -0.3 is 20.1 Å². The second kappa shape index (κ2) is 7.17. The zero-order valence-electron chi connectivity index (χ0n) is 14.2. The Hall–Kier alpha value is -2.50. The van der Waals surface area contributed by atoms with Crippen molar-refractivity contribution in [2.24, 2.45) is 0 Å². The molecule has 1 saturated heterocycles. The fraction of sp³-hybridized carbons (Fsp3) is 0.368. The molecule has 1 aliphatic rings. The van der Waals surface area contributed by atoms with Gasteiger partial charge in [-0.2, -0.15) is 0 Å². The first kappa shape index (κ1) is 17.3. The van der Waals surface area contributed by atoms with Crippen molar-refractivity contribution in [1.82, 2.24) is 0 Å². The Labute approximate surface area is 146 Å². The molecule has 3 rings (SSSR count). The minimum absolute atomic E-state index is 0.137. The van der Waals surface area contributed by atoms with Gasteiger partial charge in [-0.15, -0.1) is 0 Å². The number of ether oxygens (including phenoxy) is 2. The summed E-state index contributed by atoms with van der Waals surface area (Å²) in [6.45, 7) is 1.03. The van der Waals surface area contributed by atoms with E-state index in [-0.39, 0.29) is 12.8 Å². The van der Waals surface area contributed by atoms with Crippen LogP contribution in [0.1, 0.15) is 18.4 Å². The summed E-state index contributed by atoms with van der Waals surface area (Å²) in [5.41, 5.74) is 8.44. The first-order valence-corrected chi connectivity index (χ1v) is 8.25. The Balaban J connectivity index is 1.61. The zero-order chi connectivity index (χ0) is 17.9. The maximum atomic E-state index is 13.3. The molecule has 0 aromatic heterocycles. The molecular formula is C19H22F2N2O2. The summed E-state index contributed by atoms with van der Waals surface area (Å²) in [5, 5.41) is 0. The predicted molar refractivity (Wildman–Crippen MR) is 94.6 cm³/mol. The number of piperidine rings is 1. The largest absolute Gasteiger partial charge is 0.497 e. The van der Waals surface area contributed by atoms with Crippen LogP contribution in [0.3, 0.4) is 0 Å². The van der Waals surface area contributed by atoms with Crippen LogP contribution in [-0.4, -0.2) is 26.1 Å². The molecule has 1 heterocycles. The molecule has 1 fully saturated rings. The van der Waals surface area contributed by atoms with Crippen LogP contribution in [0.4, 0.5) is 20.2 Å². The average molecular weight is 348 g/mol. The number of hydrogen-bond donors (Lipinski definition) is 1. The molecule has 6 heteroatoms. The molecule has 0 spiro atoms. The van der Waals surface area contributed by atoms with Gasteiger partial charge in [-0.25, -0.2) is 8.78 Å². The Kier molecular flexibility index (Phi) is 4.97. The third-order valence-corrected chi connectivity index (χ3v) is 4.40. The Morgan fingerprint density at radius 2 is 1.68 bits per heavy atom. The molecule has 0 unspecified atom stereocenters. The smallest absolute Gasteiger partial charge is 0.251 e. The Morgan fingerprint density at radius 3 is 2.28 bits per heavy atom. The van der Waals surface area contributed by atoms with Crippen LogP contribution < -0.4 is 20.1 Å². The molecular weight excluding hydrogens is 326 g/mol. The number of nitrogens with two attached hydrogens (primary N) is 1. The Morgan fingerprint density at radius 1 is 1.04 bits per heavy atom. The lowest BCUT2D eigenvalue weighted by molar-refractivity contribution is -0.0220. The normalized spacial score (nSPS) is 16.5. The van der Waals surface area contributed by atoms with Gasteiger partial charge in [0.05, 0.1) is 18.5 Å². The maximum absolute atomic E-state index is 13.3. The molecule has 2 aromatic rings. The average Bonchev–Trinajstić information content (AvgIpc) is 2.61. The summed E-state index contributed by atoms with van der Waals surface area (Å²) < 4.78 is 37.4. The van der Waals surface area contributed by atoms with Crippen LogP contribution >= 0.6 is 0 Å². The number of anilines is 2. The topological polar surface area (TPSA) is 47.7 Å². The molecule has 0 amide bonds. The van der Waals surface area contributed by atoms with Crippen LogP contribution in [-0.2, 0) is 6.61 Å². The second-order valence-corrected chi connectivity index (χ2v) is 6.20. The molecule has 2 aromatic carbocycles. The third kappa shape index (κ3) is 4.32. The van der Waals surface area contributed by atoms with Crippen LogP contribution in [0.5, 0.6) is 11.5 Å². The first-order valence-electron chi connectivity index (χ1n) is 8.25. The van der Waals surface area contributed by atoms with Gasteiger partial charge in [-0.3, -0.25) is 0 Å². The Bertz CT molecular complexity index is 710. The lowest BCUT2D eigenvalue weighted by Gasteiger charge is -2.34. The summed E-state index contributed by atoms with van der Waals surface area (Å²) in [4.78, 5) is 1.90. The van der Waals surface area contributed by atoms with Crippen LogP contribution in [0.15, 0.2) is 42.5 Å². The molecule has 0 bridgehead atoms. The quantitative estimate of drug-likeness (QED) is 0.827. The van der Waals surface area contributed by atoms with Gasteiger partial charge >= 0.3 is 0 Å². The van der Waals surface area contributed by atoms with Gasteiger partial charge in [-0.1, -0.05) is 12.1 Å². The predicted octanol–water partition coefficient (Wildman–Crippen LogP) is 4.09. The van der Waals surface area contributed by atoms with Crippen LogP contribution in [0.2, 0.25) is 0 Å². The van der Waals surface area contributed by atoms with Gasteiger partial charge in [0, 0.05) is 32.0 Å². The van der Waals surface area contributed by atoms with Gasteiger partial charge in [0.25, 0.3) is 5.92 Å². The van der Waals surface area contributed by atoms with Crippen molar-refractivity contribution in [2.75, 3.05) is 30.8 Å². The zero-order valence-corrected chi connectivity index (χ0v) is 14.2. The number of benzene rings is 2. The van der Waals surface area contributed by atoms with Crippen LogP contribution in [0.25, 0.3) is 0 Å². The SMILES string of the molecule is COc1ccc(COc2ccc(N3CCC(F)(F)CC3)c(N)c2)cc1. The fourth-order valence-electron chi connectivity index (χ4n) is 2.87. The van der Waals surface area contributed by atoms with E-state index in [0.717, 1.165) is 17.0 Å². The third-order valence-electron chi connectivity index (χ3n) is 4.40. The number of halogens is 2. The molecule has 0 atom stereocenters. The lowest BCUT2D eigenvalue weighted by atomic mass is 10.1. The van der Waals surface area contributed by atoms with Gasteiger partial charge in [0.15, 0.2) is 0 Å². The lowest BCUT2D eigenvalue weighted by Crippen LogP contribution is -2.39. The molecule has 2 N–H and O–H groups in total. The fourth-order valence-corrected chi connectivity index (χ4v) is 2.87. The molecule has 0 aliphatic carbocycles. The van der Waals surface area contributed by atoms with Gasteiger partial charge in [0.1, 0.15) is 18.1 Å². The van der Waals surface area contributed by atoms with Crippen molar-refractivity contribution < 1.29 is 18.3 Å². The van der Waals surface area contributed by atoms with Crippen molar-refractivity contribution in [1.29, 1.82) is 0 Å². The van der Waals surface area contributed by atoms with E-state index < -0.39 is 5.92 Å². The number of nitrogen functional groups attached to an aromatic ring is 1. The van der Waals surface area contributed by atoms with Crippen molar-refractivity contribution in [3.8, 4) is 11.5 Å². The number of nitrogens with zero attached hydrogens (tertiary/aromatic N) is 1. The number of alkyl halides is 2. The van der Waals surface area contributed by atoms with E-state index in [9.17, 15) is 8.78 Å².